The lowest BCUT2D eigenvalue weighted by Gasteiger charge is -2.06. The Morgan fingerprint density at radius 3 is 3.00 bits per heavy atom. The smallest absolute Gasteiger partial charge is 0.135 e. The van der Waals surface area contributed by atoms with Crippen molar-refractivity contribution < 1.29 is 0 Å². The molecular weight excluding hydrogens is 250 g/mol. The van der Waals surface area contributed by atoms with Crippen LogP contribution in [0.15, 0.2) is 18.6 Å². The van der Waals surface area contributed by atoms with Gasteiger partial charge in [-0.25, -0.2) is 15.0 Å². The molecule has 0 amide bonds. The van der Waals surface area contributed by atoms with Crippen LogP contribution in [0.3, 0.4) is 0 Å². The molecule has 0 aliphatic heterocycles. The number of H-pyrrole nitrogens is 1. The van der Waals surface area contributed by atoms with Crippen molar-refractivity contribution in [2.24, 2.45) is 0 Å². The van der Waals surface area contributed by atoms with Gasteiger partial charge in [-0.15, -0.1) is 0 Å². The fourth-order valence-corrected chi connectivity index (χ4v) is 1.99. The van der Waals surface area contributed by atoms with Gasteiger partial charge < -0.3 is 10.3 Å². The summed E-state index contributed by atoms with van der Waals surface area (Å²) in [7, 11) is 0. The highest BCUT2D eigenvalue weighted by molar-refractivity contribution is 6.29. The van der Waals surface area contributed by atoms with E-state index in [0.29, 0.717) is 11.1 Å². The van der Waals surface area contributed by atoms with Crippen LogP contribution in [-0.2, 0) is 6.42 Å². The zero-order chi connectivity index (χ0) is 12.4. The molecule has 2 heterocycles. The summed E-state index contributed by atoms with van der Waals surface area (Å²) >= 11 is 5.99. The van der Waals surface area contributed by atoms with Crippen LogP contribution in [-0.4, -0.2) is 26.5 Å². The monoisotopic (exact) mass is 263 g/mol. The van der Waals surface area contributed by atoms with Crippen molar-refractivity contribution in [2.45, 2.75) is 25.2 Å². The summed E-state index contributed by atoms with van der Waals surface area (Å²) in [5, 5.41) is 3.77. The maximum absolute atomic E-state index is 5.99. The summed E-state index contributed by atoms with van der Waals surface area (Å²) in [6.45, 7) is 0.791. The molecule has 0 atom stereocenters. The van der Waals surface area contributed by atoms with E-state index < -0.39 is 0 Å². The van der Waals surface area contributed by atoms with Gasteiger partial charge in [0.05, 0.1) is 6.33 Å². The van der Waals surface area contributed by atoms with Crippen molar-refractivity contribution in [2.75, 3.05) is 11.9 Å². The van der Waals surface area contributed by atoms with E-state index in [4.69, 9.17) is 11.6 Å². The van der Waals surface area contributed by atoms with Gasteiger partial charge in [-0.3, -0.25) is 0 Å². The molecule has 0 unspecified atom stereocenters. The third kappa shape index (κ3) is 2.79. The van der Waals surface area contributed by atoms with Gasteiger partial charge >= 0.3 is 0 Å². The first-order valence-electron chi connectivity index (χ1n) is 6.07. The lowest BCUT2D eigenvalue weighted by molar-refractivity contribution is 0.910. The van der Waals surface area contributed by atoms with Gasteiger partial charge in [0.15, 0.2) is 0 Å². The molecule has 1 saturated carbocycles. The number of hydrogen-bond acceptors (Lipinski definition) is 4. The molecule has 94 valence electrons. The first-order valence-corrected chi connectivity index (χ1v) is 6.44. The number of aromatic nitrogens is 4. The molecule has 0 radical (unpaired) electrons. The van der Waals surface area contributed by atoms with Gasteiger partial charge in [-0.2, -0.15) is 0 Å². The van der Waals surface area contributed by atoms with Crippen LogP contribution < -0.4 is 5.32 Å². The predicted octanol–water partition coefficient (Wildman–Crippen LogP) is 2.39. The Morgan fingerprint density at radius 2 is 2.28 bits per heavy atom. The van der Waals surface area contributed by atoms with Gasteiger partial charge in [-0.05, 0) is 12.8 Å². The van der Waals surface area contributed by atoms with Gasteiger partial charge in [0.25, 0.3) is 0 Å². The quantitative estimate of drug-likeness (QED) is 0.813. The molecule has 6 heteroatoms. The van der Waals surface area contributed by atoms with Crippen molar-refractivity contribution in [3.05, 3.63) is 35.3 Å². The Morgan fingerprint density at radius 1 is 1.39 bits per heavy atom. The van der Waals surface area contributed by atoms with Gasteiger partial charge in [0.1, 0.15) is 16.8 Å². The standard InChI is InChI=1S/C12H14ClN5/c13-10-5-11(18-12(17-10)8-1-2-8)15-4-3-9-6-14-7-16-9/h5-8H,1-4H2,(H,14,16)(H,15,17,18). The van der Waals surface area contributed by atoms with E-state index in [1.54, 1.807) is 12.4 Å². The molecule has 18 heavy (non-hydrogen) atoms. The molecule has 5 nitrogen and oxygen atoms in total. The van der Waals surface area contributed by atoms with Crippen molar-refractivity contribution in [1.82, 2.24) is 19.9 Å². The minimum atomic E-state index is 0.510. The second-order valence-corrected chi connectivity index (χ2v) is 4.85. The molecule has 1 aliphatic carbocycles. The summed E-state index contributed by atoms with van der Waals surface area (Å²) in [4.78, 5) is 15.8. The minimum Gasteiger partial charge on any atom is -0.370 e. The molecule has 3 rings (SSSR count). The van der Waals surface area contributed by atoms with Crippen LogP contribution in [0.5, 0.6) is 0 Å². The fourth-order valence-electron chi connectivity index (χ4n) is 1.80. The highest BCUT2D eigenvalue weighted by Gasteiger charge is 2.27. The largest absolute Gasteiger partial charge is 0.370 e. The Kier molecular flexibility index (Phi) is 3.15. The number of anilines is 1. The fraction of sp³-hybridized carbons (Fsp3) is 0.417. The first-order chi connectivity index (χ1) is 8.81. The number of nitrogens with zero attached hydrogens (tertiary/aromatic N) is 3. The van der Waals surface area contributed by atoms with E-state index in [1.807, 2.05) is 6.20 Å². The zero-order valence-corrected chi connectivity index (χ0v) is 10.6. The van der Waals surface area contributed by atoms with Crippen LogP contribution >= 0.6 is 11.6 Å². The van der Waals surface area contributed by atoms with Crippen molar-refractivity contribution in [1.29, 1.82) is 0 Å². The van der Waals surface area contributed by atoms with E-state index in [1.165, 1.54) is 12.8 Å². The summed E-state index contributed by atoms with van der Waals surface area (Å²) < 4.78 is 0. The molecular formula is C12H14ClN5. The number of nitrogens with one attached hydrogen (secondary N) is 2. The maximum Gasteiger partial charge on any atom is 0.135 e. The molecule has 2 aromatic heterocycles. The number of hydrogen-bond donors (Lipinski definition) is 2. The molecule has 0 spiro atoms. The van der Waals surface area contributed by atoms with E-state index in [2.05, 4.69) is 25.3 Å². The number of aromatic amines is 1. The average molecular weight is 264 g/mol. The molecule has 2 aromatic rings. The van der Waals surface area contributed by atoms with E-state index in [0.717, 1.165) is 30.3 Å². The highest BCUT2D eigenvalue weighted by atomic mass is 35.5. The topological polar surface area (TPSA) is 66.5 Å². The number of imidazole rings is 1. The molecule has 0 bridgehead atoms. The Balaban J connectivity index is 1.61. The first kappa shape index (κ1) is 11.5. The predicted molar refractivity (Wildman–Crippen MR) is 69.8 cm³/mol. The van der Waals surface area contributed by atoms with E-state index >= 15 is 0 Å². The zero-order valence-electron chi connectivity index (χ0n) is 9.86. The van der Waals surface area contributed by atoms with Crippen LogP contribution in [0.4, 0.5) is 5.82 Å². The second-order valence-electron chi connectivity index (χ2n) is 4.46. The number of halogens is 1. The summed E-state index contributed by atoms with van der Waals surface area (Å²) in [5.74, 6) is 2.18. The SMILES string of the molecule is Clc1cc(NCCc2cnc[nH]2)nc(C2CC2)n1. The molecule has 0 saturated heterocycles. The third-order valence-electron chi connectivity index (χ3n) is 2.91. The summed E-state index contributed by atoms with van der Waals surface area (Å²) in [6, 6.07) is 1.76. The molecule has 0 aromatic carbocycles. The molecule has 1 aliphatic rings. The van der Waals surface area contributed by atoms with Crippen LogP contribution in [0.25, 0.3) is 0 Å². The second kappa shape index (κ2) is 4.94. The molecule has 1 fully saturated rings. The van der Waals surface area contributed by atoms with Crippen LogP contribution in [0.2, 0.25) is 5.15 Å². The van der Waals surface area contributed by atoms with E-state index in [-0.39, 0.29) is 0 Å². The van der Waals surface area contributed by atoms with Crippen molar-refractivity contribution >= 4 is 17.4 Å². The summed E-state index contributed by atoms with van der Waals surface area (Å²) in [6.07, 6.45) is 6.73. The van der Waals surface area contributed by atoms with Gasteiger partial charge in [0.2, 0.25) is 0 Å². The Bertz CT molecular complexity index is 521. The van der Waals surface area contributed by atoms with Crippen LogP contribution in [0, 0.1) is 0 Å². The van der Waals surface area contributed by atoms with Gasteiger partial charge in [0, 0.05) is 36.8 Å². The van der Waals surface area contributed by atoms with Crippen molar-refractivity contribution in [3.8, 4) is 0 Å². The molecule has 2 N–H and O–H groups in total. The Labute approximate surface area is 110 Å². The van der Waals surface area contributed by atoms with E-state index in [9.17, 15) is 0 Å². The maximum atomic E-state index is 5.99. The Hall–Kier alpha value is -1.62. The minimum absolute atomic E-state index is 0.510. The van der Waals surface area contributed by atoms with Crippen molar-refractivity contribution in [3.63, 3.8) is 0 Å². The number of rotatable bonds is 5. The third-order valence-corrected chi connectivity index (χ3v) is 3.10. The lowest BCUT2D eigenvalue weighted by Crippen LogP contribution is -2.08. The van der Waals surface area contributed by atoms with Crippen LogP contribution in [0.1, 0.15) is 30.3 Å². The van der Waals surface area contributed by atoms with Gasteiger partial charge in [-0.1, -0.05) is 11.6 Å². The summed E-state index contributed by atoms with van der Waals surface area (Å²) in [5.41, 5.74) is 1.10. The highest BCUT2D eigenvalue weighted by Crippen LogP contribution is 2.38. The lowest BCUT2D eigenvalue weighted by atomic mass is 10.3. The normalized spacial score (nSPS) is 14.7. The average Bonchev–Trinajstić information content (AvgIpc) is 3.08.